The first-order chi connectivity index (χ1) is 13.5. The molecule has 0 unspecified atom stereocenters. The molecule has 0 radical (unpaired) electrons. The average molecular weight is 374 g/mol. The standard InChI is InChI=1S/C21H18N4O3/c1-13-7-9-14(10-8-13)18-11-17(21(27)28)24-19-16(12-22-25(18)19)20(26)23-15-5-3-2-4-6-15/h2-12,18,24H,1H3,(H,23,26)(H,27,28)/t18-/m1/s1. The van der Waals surface area contributed by atoms with E-state index >= 15 is 0 Å². The van der Waals surface area contributed by atoms with Crippen LogP contribution in [0.25, 0.3) is 0 Å². The molecule has 1 amide bonds. The molecule has 140 valence electrons. The number of anilines is 2. The minimum atomic E-state index is -1.10. The predicted molar refractivity (Wildman–Crippen MR) is 105 cm³/mol. The number of allylic oxidation sites excluding steroid dienone is 1. The molecule has 1 aliphatic rings. The Bertz CT molecular complexity index is 1070. The lowest BCUT2D eigenvalue weighted by Crippen LogP contribution is -2.25. The summed E-state index contributed by atoms with van der Waals surface area (Å²) in [6.07, 6.45) is 3.03. The van der Waals surface area contributed by atoms with Crippen LogP contribution in [0.4, 0.5) is 11.5 Å². The number of hydrogen-bond donors (Lipinski definition) is 3. The zero-order valence-electron chi connectivity index (χ0n) is 15.1. The van der Waals surface area contributed by atoms with E-state index in [1.165, 1.54) is 6.20 Å². The van der Waals surface area contributed by atoms with Gasteiger partial charge in [0.15, 0.2) is 0 Å². The van der Waals surface area contributed by atoms with Gasteiger partial charge < -0.3 is 15.7 Å². The summed E-state index contributed by atoms with van der Waals surface area (Å²) in [6, 6.07) is 16.4. The first-order valence-electron chi connectivity index (χ1n) is 8.75. The lowest BCUT2D eigenvalue weighted by atomic mass is 10.0. The molecule has 1 aromatic heterocycles. The van der Waals surface area contributed by atoms with Crippen molar-refractivity contribution in [3.63, 3.8) is 0 Å². The van der Waals surface area contributed by atoms with Crippen LogP contribution in [0.1, 0.15) is 27.5 Å². The fourth-order valence-electron chi connectivity index (χ4n) is 3.11. The van der Waals surface area contributed by atoms with Gasteiger partial charge in [0.2, 0.25) is 0 Å². The van der Waals surface area contributed by atoms with Crippen molar-refractivity contribution in [3.05, 3.63) is 89.3 Å². The van der Waals surface area contributed by atoms with E-state index < -0.39 is 12.0 Å². The van der Waals surface area contributed by atoms with E-state index in [1.807, 2.05) is 49.4 Å². The molecular weight excluding hydrogens is 356 g/mol. The van der Waals surface area contributed by atoms with Crippen LogP contribution in [-0.4, -0.2) is 26.8 Å². The summed E-state index contributed by atoms with van der Waals surface area (Å²) >= 11 is 0. The normalized spacial score (nSPS) is 15.2. The zero-order valence-corrected chi connectivity index (χ0v) is 15.1. The van der Waals surface area contributed by atoms with Crippen molar-refractivity contribution in [1.82, 2.24) is 9.78 Å². The number of fused-ring (bicyclic) bond motifs is 1. The quantitative estimate of drug-likeness (QED) is 0.650. The van der Waals surface area contributed by atoms with Gasteiger partial charge in [0.05, 0.1) is 12.2 Å². The number of carbonyl (C=O) groups excluding carboxylic acids is 1. The van der Waals surface area contributed by atoms with Crippen molar-refractivity contribution >= 4 is 23.4 Å². The number of carbonyl (C=O) groups is 2. The molecule has 0 saturated carbocycles. The lowest BCUT2D eigenvalue weighted by Gasteiger charge is -2.24. The number of amides is 1. The molecular formula is C21H18N4O3. The molecule has 3 aromatic rings. The third-order valence-electron chi connectivity index (χ3n) is 4.56. The second kappa shape index (κ2) is 7.03. The second-order valence-corrected chi connectivity index (χ2v) is 6.54. The van der Waals surface area contributed by atoms with Gasteiger partial charge in [-0.05, 0) is 30.7 Å². The minimum Gasteiger partial charge on any atom is -0.477 e. The van der Waals surface area contributed by atoms with Crippen LogP contribution in [0.5, 0.6) is 0 Å². The van der Waals surface area contributed by atoms with Crippen LogP contribution in [0.15, 0.2) is 72.6 Å². The number of rotatable bonds is 4. The summed E-state index contributed by atoms with van der Waals surface area (Å²) < 4.78 is 1.62. The summed E-state index contributed by atoms with van der Waals surface area (Å²) in [5.41, 5.74) is 2.90. The Kier molecular flexibility index (Phi) is 4.41. The monoisotopic (exact) mass is 374 g/mol. The number of hydrogen-bond acceptors (Lipinski definition) is 4. The Morgan fingerprint density at radius 1 is 1.11 bits per heavy atom. The number of aliphatic carboxylic acids is 1. The summed E-state index contributed by atoms with van der Waals surface area (Å²) in [4.78, 5) is 24.4. The van der Waals surface area contributed by atoms with E-state index in [-0.39, 0.29) is 17.2 Å². The maximum atomic E-state index is 12.7. The van der Waals surface area contributed by atoms with E-state index in [1.54, 1.807) is 22.9 Å². The van der Waals surface area contributed by atoms with Crippen molar-refractivity contribution in [1.29, 1.82) is 0 Å². The van der Waals surface area contributed by atoms with E-state index in [0.717, 1.165) is 11.1 Å². The van der Waals surface area contributed by atoms with Crippen molar-refractivity contribution in [2.45, 2.75) is 13.0 Å². The molecule has 4 rings (SSSR count). The first kappa shape index (κ1) is 17.5. The maximum absolute atomic E-state index is 12.7. The minimum absolute atomic E-state index is 0.00679. The van der Waals surface area contributed by atoms with Crippen LogP contribution in [0.2, 0.25) is 0 Å². The molecule has 0 bridgehead atoms. The topological polar surface area (TPSA) is 96.2 Å². The second-order valence-electron chi connectivity index (χ2n) is 6.54. The molecule has 3 N–H and O–H groups in total. The van der Waals surface area contributed by atoms with Gasteiger partial charge in [-0.25, -0.2) is 9.48 Å². The summed E-state index contributed by atoms with van der Waals surface area (Å²) in [6.45, 7) is 1.98. The molecule has 0 spiro atoms. The van der Waals surface area contributed by atoms with Gasteiger partial charge in [0.25, 0.3) is 5.91 Å². The van der Waals surface area contributed by atoms with Crippen molar-refractivity contribution in [2.75, 3.05) is 10.6 Å². The highest BCUT2D eigenvalue weighted by Crippen LogP contribution is 2.32. The Morgan fingerprint density at radius 3 is 2.50 bits per heavy atom. The first-order valence-corrected chi connectivity index (χ1v) is 8.75. The highest BCUT2D eigenvalue weighted by Gasteiger charge is 2.29. The number of aryl methyl sites for hydroxylation is 1. The van der Waals surface area contributed by atoms with Gasteiger partial charge in [0.1, 0.15) is 17.1 Å². The Morgan fingerprint density at radius 2 is 1.82 bits per heavy atom. The molecule has 28 heavy (non-hydrogen) atoms. The molecule has 2 aromatic carbocycles. The lowest BCUT2D eigenvalue weighted by molar-refractivity contribution is -0.132. The fraction of sp³-hybridized carbons (Fsp3) is 0.0952. The maximum Gasteiger partial charge on any atom is 0.352 e. The van der Waals surface area contributed by atoms with E-state index in [0.29, 0.717) is 11.5 Å². The van der Waals surface area contributed by atoms with Gasteiger partial charge >= 0.3 is 5.97 Å². The van der Waals surface area contributed by atoms with Crippen molar-refractivity contribution < 1.29 is 14.7 Å². The van der Waals surface area contributed by atoms with Gasteiger partial charge in [0, 0.05) is 5.69 Å². The third kappa shape index (κ3) is 3.25. The number of carboxylic acids is 1. The zero-order chi connectivity index (χ0) is 19.7. The number of benzene rings is 2. The van der Waals surface area contributed by atoms with Gasteiger partial charge in [-0.15, -0.1) is 0 Å². The van der Waals surface area contributed by atoms with Crippen LogP contribution >= 0.6 is 0 Å². The van der Waals surface area contributed by atoms with Crippen LogP contribution in [-0.2, 0) is 4.79 Å². The number of nitrogens with one attached hydrogen (secondary N) is 2. The van der Waals surface area contributed by atoms with Crippen LogP contribution < -0.4 is 10.6 Å². The van der Waals surface area contributed by atoms with E-state index in [2.05, 4.69) is 15.7 Å². The fourth-order valence-corrected chi connectivity index (χ4v) is 3.11. The largest absolute Gasteiger partial charge is 0.477 e. The van der Waals surface area contributed by atoms with Crippen LogP contribution in [0.3, 0.4) is 0 Å². The number of carboxylic acid groups (broad SMARTS) is 1. The smallest absolute Gasteiger partial charge is 0.352 e. The van der Waals surface area contributed by atoms with Crippen molar-refractivity contribution in [3.8, 4) is 0 Å². The highest BCUT2D eigenvalue weighted by atomic mass is 16.4. The Hall–Kier alpha value is -3.87. The SMILES string of the molecule is Cc1ccc([C@H]2C=C(C(=O)O)Nc3c(C(=O)Nc4ccccc4)cnn32)cc1. The molecule has 2 heterocycles. The third-order valence-corrected chi connectivity index (χ3v) is 4.56. The molecule has 0 saturated heterocycles. The van der Waals surface area contributed by atoms with Crippen molar-refractivity contribution in [2.24, 2.45) is 0 Å². The van der Waals surface area contributed by atoms with E-state index in [9.17, 15) is 14.7 Å². The Balaban J connectivity index is 1.73. The summed E-state index contributed by atoms with van der Waals surface area (Å²) in [5.74, 6) is -1.12. The number of para-hydroxylation sites is 1. The highest BCUT2D eigenvalue weighted by molar-refractivity contribution is 6.08. The summed E-state index contributed by atoms with van der Waals surface area (Å²) in [7, 11) is 0. The molecule has 7 heteroatoms. The average Bonchev–Trinajstić information content (AvgIpc) is 3.13. The van der Waals surface area contributed by atoms with Gasteiger partial charge in [-0.1, -0.05) is 48.0 Å². The number of aromatic nitrogens is 2. The molecule has 1 aliphatic heterocycles. The molecule has 0 aliphatic carbocycles. The summed E-state index contributed by atoms with van der Waals surface area (Å²) in [5, 5.41) is 19.5. The van der Waals surface area contributed by atoms with E-state index in [4.69, 9.17) is 0 Å². The van der Waals surface area contributed by atoms with Gasteiger partial charge in [-0.2, -0.15) is 5.10 Å². The van der Waals surface area contributed by atoms with Crippen LogP contribution in [0, 0.1) is 6.92 Å². The molecule has 1 atom stereocenters. The molecule has 7 nitrogen and oxygen atoms in total. The molecule has 0 fully saturated rings. The Labute approximate surface area is 161 Å². The predicted octanol–water partition coefficient (Wildman–Crippen LogP) is 3.43. The number of nitrogens with zero attached hydrogens (tertiary/aromatic N) is 2. The van der Waals surface area contributed by atoms with Gasteiger partial charge in [-0.3, -0.25) is 4.79 Å².